The topological polar surface area (TPSA) is 19.7 Å². The molecule has 0 atom stereocenters. The van der Waals surface area contributed by atoms with Crippen LogP contribution in [0.2, 0.25) is 0 Å². The molecule has 0 spiro atoms. The Morgan fingerprint density at radius 2 is 0.746 bits per heavy atom. The summed E-state index contributed by atoms with van der Waals surface area (Å²) >= 11 is 0. The van der Waals surface area contributed by atoms with Gasteiger partial charge in [0.25, 0.3) is 0 Å². The molecule has 0 N–H and O–H groups in total. The van der Waals surface area contributed by atoms with Gasteiger partial charge in [0, 0.05) is 71.8 Å². The molecule has 0 unspecified atom stereocenters. The molecule has 71 heavy (non-hydrogen) atoms. The zero-order valence-corrected chi connectivity index (χ0v) is 38.6. The molecule has 4 heterocycles. The SMILES string of the molecule is C=C1C=C(n2c3ccccc3c3ccccc32)C=C(c2ccc3c(c2)c2ccccc2n3-c2cccc(-n3c4ccccc4c4cc(C5=C=C=CC(n6c7ccccc7c7ccccc76)=C5)ccc43)c2)C1. The van der Waals surface area contributed by atoms with Gasteiger partial charge in [-0.1, -0.05) is 145 Å². The monoisotopic (exact) mass is 902 g/mol. The Morgan fingerprint density at radius 3 is 1.25 bits per heavy atom. The van der Waals surface area contributed by atoms with Crippen LogP contribution in [-0.2, 0) is 0 Å². The molecule has 0 fully saturated rings. The molecule has 13 aromatic rings. The van der Waals surface area contributed by atoms with Crippen LogP contribution >= 0.6 is 0 Å². The van der Waals surface area contributed by atoms with Gasteiger partial charge in [-0.25, -0.2) is 0 Å². The number of nitrogens with zero attached hydrogens (tertiary/aromatic N) is 4. The fourth-order valence-electron chi connectivity index (χ4n) is 11.8. The minimum Gasteiger partial charge on any atom is -0.309 e. The van der Waals surface area contributed by atoms with Crippen molar-refractivity contribution >= 4 is 110 Å². The van der Waals surface area contributed by atoms with Crippen molar-refractivity contribution < 1.29 is 0 Å². The van der Waals surface area contributed by atoms with Crippen molar-refractivity contribution in [1.29, 1.82) is 0 Å². The second kappa shape index (κ2) is 15.2. The van der Waals surface area contributed by atoms with Crippen LogP contribution < -0.4 is 0 Å². The number of benzene rings is 9. The molecule has 2 aliphatic carbocycles. The second-order valence-electron chi connectivity index (χ2n) is 18.9. The minimum atomic E-state index is 0.791. The average Bonchev–Trinajstić information content (AvgIpc) is 4.16. The molecule has 0 saturated heterocycles. The highest BCUT2D eigenvalue weighted by molar-refractivity contribution is 6.14. The first kappa shape index (κ1) is 39.4. The lowest BCUT2D eigenvalue weighted by Crippen LogP contribution is -2.01. The molecule has 4 nitrogen and oxygen atoms in total. The van der Waals surface area contributed by atoms with Gasteiger partial charge in [-0.3, -0.25) is 0 Å². The molecular weight excluding hydrogens is 861 g/mol. The van der Waals surface area contributed by atoms with Crippen molar-refractivity contribution in [3.63, 3.8) is 0 Å². The molecule has 0 aliphatic heterocycles. The lowest BCUT2D eigenvalue weighted by Gasteiger charge is -2.19. The van der Waals surface area contributed by atoms with Gasteiger partial charge in [-0.05, 0) is 126 Å². The molecule has 2 aliphatic rings. The molecule has 0 bridgehead atoms. The highest BCUT2D eigenvalue weighted by Gasteiger charge is 2.21. The Labute approximate surface area is 409 Å². The number of hydrogen-bond acceptors (Lipinski definition) is 0. The summed E-state index contributed by atoms with van der Waals surface area (Å²) in [7, 11) is 0. The molecule has 0 radical (unpaired) electrons. The zero-order valence-electron chi connectivity index (χ0n) is 38.6. The van der Waals surface area contributed by atoms with E-state index in [0.717, 1.165) is 56.9 Å². The van der Waals surface area contributed by atoms with E-state index in [1.807, 2.05) is 6.08 Å². The number of hydrogen-bond donors (Lipinski definition) is 0. The van der Waals surface area contributed by atoms with E-state index >= 15 is 0 Å². The standard InChI is InChI=1S/C67H42N4/c1-43-36-47(39-51(37-43)71-62-28-10-4-22-54(62)55-23-5-11-29-63(55)71)46-33-35-67-59(41-46)57-25-7-13-31-65(57)70(67)50-19-15-18-49(42-50)69-64-30-12-6-24-56(64)58-40-45(32-34-66(58)69)44-16-14-17-48(38-44)68-60-26-8-2-20-52(60)53-21-3-9-27-61(53)68/h2-13,15,17-35,37-42H,1,36H2. The van der Waals surface area contributed by atoms with Gasteiger partial charge in [0.05, 0.1) is 49.8 Å². The Balaban J connectivity index is 0.828. The highest BCUT2D eigenvalue weighted by Crippen LogP contribution is 2.42. The van der Waals surface area contributed by atoms with E-state index in [0.29, 0.717) is 0 Å². The van der Waals surface area contributed by atoms with Gasteiger partial charge in [0.15, 0.2) is 0 Å². The van der Waals surface area contributed by atoms with E-state index in [-0.39, 0.29) is 0 Å². The van der Waals surface area contributed by atoms with Gasteiger partial charge in [-0.15, -0.1) is 0 Å². The van der Waals surface area contributed by atoms with E-state index in [1.165, 1.54) is 87.3 Å². The average molecular weight is 903 g/mol. The van der Waals surface area contributed by atoms with Crippen LogP contribution in [0.1, 0.15) is 17.5 Å². The van der Waals surface area contributed by atoms with Crippen molar-refractivity contribution in [1.82, 2.24) is 18.3 Å². The summed E-state index contributed by atoms with van der Waals surface area (Å²) in [6.07, 6.45) is 9.70. The number of para-hydroxylation sites is 6. The van der Waals surface area contributed by atoms with Crippen LogP contribution in [0.25, 0.3) is 121 Å². The maximum Gasteiger partial charge on any atom is 0.0558 e. The normalized spacial score (nSPS) is 13.9. The van der Waals surface area contributed by atoms with Crippen molar-refractivity contribution in [3.05, 3.63) is 265 Å². The smallest absolute Gasteiger partial charge is 0.0558 e. The van der Waals surface area contributed by atoms with Crippen LogP contribution in [0.5, 0.6) is 0 Å². The second-order valence-corrected chi connectivity index (χ2v) is 18.9. The van der Waals surface area contributed by atoms with Gasteiger partial charge in [0.2, 0.25) is 0 Å². The Kier molecular flexibility index (Phi) is 8.46. The third kappa shape index (κ3) is 5.94. The summed E-state index contributed by atoms with van der Waals surface area (Å²) in [5.41, 5.74) is 26.4. The van der Waals surface area contributed by atoms with Crippen LogP contribution in [0.4, 0.5) is 0 Å². The predicted molar refractivity (Wildman–Crippen MR) is 299 cm³/mol. The van der Waals surface area contributed by atoms with E-state index in [2.05, 4.69) is 261 Å². The number of rotatable bonds is 6. The molecule has 0 saturated carbocycles. The van der Waals surface area contributed by atoms with Crippen LogP contribution in [0.3, 0.4) is 0 Å². The lowest BCUT2D eigenvalue weighted by molar-refractivity contribution is 1.13. The fourth-order valence-corrected chi connectivity index (χ4v) is 11.8. The summed E-state index contributed by atoms with van der Waals surface area (Å²) in [5.74, 6) is 0. The molecule has 0 amide bonds. The van der Waals surface area contributed by atoms with Crippen LogP contribution in [0.15, 0.2) is 254 Å². The van der Waals surface area contributed by atoms with Crippen molar-refractivity contribution in [2.24, 2.45) is 0 Å². The molecule has 4 aromatic heterocycles. The summed E-state index contributed by atoms with van der Waals surface area (Å²) in [6, 6.07) is 75.1. The summed E-state index contributed by atoms with van der Waals surface area (Å²) in [4.78, 5) is 0. The minimum absolute atomic E-state index is 0.791. The molecule has 9 aromatic carbocycles. The van der Waals surface area contributed by atoms with E-state index in [4.69, 9.17) is 0 Å². The summed E-state index contributed by atoms with van der Waals surface area (Å²) in [6.45, 7) is 4.54. The van der Waals surface area contributed by atoms with Crippen molar-refractivity contribution in [2.75, 3.05) is 0 Å². The van der Waals surface area contributed by atoms with Gasteiger partial charge >= 0.3 is 0 Å². The Bertz CT molecular complexity index is 4600. The van der Waals surface area contributed by atoms with E-state index < -0.39 is 0 Å². The molecule has 330 valence electrons. The Morgan fingerprint density at radius 1 is 0.338 bits per heavy atom. The Hall–Kier alpha value is -9.56. The predicted octanol–water partition coefficient (Wildman–Crippen LogP) is 17.2. The summed E-state index contributed by atoms with van der Waals surface area (Å²) < 4.78 is 9.59. The largest absolute Gasteiger partial charge is 0.309 e. The first-order chi connectivity index (χ1) is 35.1. The maximum atomic E-state index is 4.54. The number of allylic oxidation sites excluding steroid dienone is 9. The third-order valence-corrected chi connectivity index (χ3v) is 14.9. The lowest BCUT2D eigenvalue weighted by atomic mass is 9.92. The fraction of sp³-hybridized carbons (Fsp3) is 0.0149. The zero-order chi connectivity index (χ0) is 46.7. The summed E-state index contributed by atoms with van der Waals surface area (Å²) in [5, 5.41) is 9.85. The third-order valence-electron chi connectivity index (χ3n) is 14.9. The van der Waals surface area contributed by atoms with Crippen LogP contribution in [-0.4, -0.2) is 18.3 Å². The first-order valence-electron chi connectivity index (χ1n) is 24.3. The number of aromatic nitrogens is 4. The highest BCUT2D eigenvalue weighted by atomic mass is 15.0. The van der Waals surface area contributed by atoms with Gasteiger partial charge < -0.3 is 18.3 Å². The van der Waals surface area contributed by atoms with Crippen molar-refractivity contribution in [3.8, 4) is 11.4 Å². The first-order valence-corrected chi connectivity index (χ1v) is 24.3. The van der Waals surface area contributed by atoms with Gasteiger partial charge in [0.1, 0.15) is 0 Å². The maximum absolute atomic E-state index is 4.54. The van der Waals surface area contributed by atoms with E-state index in [1.54, 1.807) is 0 Å². The van der Waals surface area contributed by atoms with E-state index in [9.17, 15) is 0 Å². The van der Waals surface area contributed by atoms with Crippen molar-refractivity contribution in [2.45, 2.75) is 6.42 Å². The molecule has 15 rings (SSSR count). The van der Waals surface area contributed by atoms with Gasteiger partial charge in [-0.2, -0.15) is 0 Å². The quantitative estimate of drug-likeness (QED) is 0.148. The molecular formula is C67H42N4. The molecule has 4 heteroatoms. The van der Waals surface area contributed by atoms with Crippen LogP contribution in [0, 0.1) is 0 Å². The number of fused-ring (bicyclic) bond motifs is 12.